The van der Waals surface area contributed by atoms with Gasteiger partial charge in [-0.05, 0) is 34.1 Å². The van der Waals surface area contributed by atoms with Crippen molar-refractivity contribution in [2.75, 3.05) is 11.1 Å². The summed E-state index contributed by atoms with van der Waals surface area (Å²) in [5, 5.41) is 21.3. The summed E-state index contributed by atoms with van der Waals surface area (Å²) < 4.78 is 0.527. The van der Waals surface area contributed by atoms with Crippen molar-refractivity contribution in [1.82, 2.24) is 4.98 Å². The number of nitrogens with two attached hydrogens (primary N) is 1. The summed E-state index contributed by atoms with van der Waals surface area (Å²) in [6, 6.07) is 5.30. The molecule has 1 amide bonds. The normalized spacial score (nSPS) is 10.2. The minimum atomic E-state index is -0.546. The molecule has 0 radical (unpaired) electrons. The van der Waals surface area contributed by atoms with E-state index in [1.165, 1.54) is 18.3 Å². The topological polar surface area (TPSA) is 108 Å². The highest BCUT2D eigenvalue weighted by Crippen LogP contribution is 2.26. The van der Waals surface area contributed by atoms with E-state index in [1.807, 2.05) is 0 Å². The highest BCUT2D eigenvalue weighted by Gasteiger charge is 2.13. The molecule has 19 heavy (non-hydrogen) atoms. The first kappa shape index (κ1) is 13.2. The molecule has 0 aliphatic rings. The van der Waals surface area contributed by atoms with Crippen LogP contribution in [0.4, 0.5) is 11.5 Å². The largest absolute Gasteiger partial charge is 0.508 e. The first-order valence-electron chi connectivity index (χ1n) is 5.21. The van der Waals surface area contributed by atoms with Gasteiger partial charge in [-0.3, -0.25) is 4.79 Å². The summed E-state index contributed by atoms with van der Waals surface area (Å²) >= 11 is 3.22. The van der Waals surface area contributed by atoms with Gasteiger partial charge in [0.25, 0.3) is 5.91 Å². The summed E-state index contributed by atoms with van der Waals surface area (Å²) in [4.78, 5) is 15.9. The number of nitrogen functional groups attached to an aromatic ring is 1. The lowest BCUT2D eigenvalue weighted by Crippen LogP contribution is -2.13. The van der Waals surface area contributed by atoms with Crippen molar-refractivity contribution in [2.24, 2.45) is 0 Å². The molecule has 0 unspecified atom stereocenters. The van der Waals surface area contributed by atoms with Crippen molar-refractivity contribution >= 4 is 33.3 Å². The lowest BCUT2D eigenvalue weighted by molar-refractivity contribution is 0.102. The molecule has 98 valence electrons. The number of hydrogen-bond acceptors (Lipinski definition) is 5. The van der Waals surface area contributed by atoms with E-state index in [2.05, 4.69) is 26.2 Å². The number of carbonyl (C=O) groups is 1. The Kier molecular flexibility index (Phi) is 3.57. The SMILES string of the molecule is Nc1cnc(NC(=O)c2ccc(O)cc2O)c(Br)c1. The highest BCUT2D eigenvalue weighted by molar-refractivity contribution is 9.10. The van der Waals surface area contributed by atoms with Gasteiger partial charge in [-0.15, -0.1) is 0 Å². The quantitative estimate of drug-likeness (QED) is 0.676. The van der Waals surface area contributed by atoms with E-state index < -0.39 is 5.91 Å². The molecule has 0 bridgehead atoms. The van der Waals surface area contributed by atoms with E-state index in [-0.39, 0.29) is 22.9 Å². The second-order valence-corrected chi connectivity index (χ2v) is 4.61. The first-order valence-corrected chi connectivity index (χ1v) is 6.01. The summed E-state index contributed by atoms with van der Waals surface area (Å²) in [6.45, 7) is 0. The highest BCUT2D eigenvalue weighted by atomic mass is 79.9. The minimum absolute atomic E-state index is 0.0309. The molecule has 7 heteroatoms. The Hall–Kier alpha value is -2.28. The Balaban J connectivity index is 2.25. The first-order chi connectivity index (χ1) is 8.97. The Morgan fingerprint density at radius 1 is 1.32 bits per heavy atom. The Labute approximate surface area is 117 Å². The van der Waals surface area contributed by atoms with E-state index in [1.54, 1.807) is 6.07 Å². The predicted molar refractivity (Wildman–Crippen MR) is 74.1 cm³/mol. The van der Waals surface area contributed by atoms with E-state index in [0.29, 0.717) is 10.2 Å². The zero-order valence-corrected chi connectivity index (χ0v) is 11.2. The number of aromatic hydroxyl groups is 2. The summed E-state index contributed by atoms with van der Waals surface area (Å²) in [7, 11) is 0. The lowest BCUT2D eigenvalue weighted by Gasteiger charge is -2.08. The molecule has 0 spiro atoms. The number of benzene rings is 1. The van der Waals surface area contributed by atoms with E-state index >= 15 is 0 Å². The molecule has 0 aliphatic heterocycles. The number of nitrogens with one attached hydrogen (secondary N) is 1. The zero-order chi connectivity index (χ0) is 14.0. The monoisotopic (exact) mass is 323 g/mol. The van der Waals surface area contributed by atoms with Gasteiger partial charge >= 0.3 is 0 Å². The Morgan fingerprint density at radius 2 is 2.05 bits per heavy atom. The number of phenols is 2. The number of carbonyl (C=O) groups excluding carboxylic acids is 1. The molecule has 1 heterocycles. The zero-order valence-electron chi connectivity index (χ0n) is 9.59. The second-order valence-electron chi connectivity index (χ2n) is 3.75. The fourth-order valence-electron chi connectivity index (χ4n) is 1.43. The van der Waals surface area contributed by atoms with Crippen LogP contribution in [0.25, 0.3) is 0 Å². The van der Waals surface area contributed by atoms with Crippen LogP contribution >= 0.6 is 15.9 Å². The van der Waals surface area contributed by atoms with Gasteiger partial charge in [0.15, 0.2) is 0 Å². The molecule has 1 aromatic heterocycles. The molecule has 2 aromatic rings. The van der Waals surface area contributed by atoms with Crippen molar-refractivity contribution in [1.29, 1.82) is 0 Å². The standard InChI is InChI=1S/C12H10BrN3O3/c13-9-3-6(14)5-15-11(9)16-12(19)8-2-1-7(17)4-10(8)18/h1-5,17-18H,14H2,(H,15,16,19). The number of phenolic OH excluding ortho intramolecular Hbond substituents is 2. The summed E-state index contributed by atoms with van der Waals surface area (Å²) in [5.74, 6) is -0.702. The van der Waals surface area contributed by atoms with Gasteiger partial charge in [0, 0.05) is 6.07 Å². The molecule has 0 saturated carbocycles. The lowest BCUT2D eigenvalue weighted by atomic mass is 10.2. The molecule has 0 saturated heterocycles. The predicted octanol–water partition coefficient (Wildman–Crippen LogP) is 2.09. The minimum Gasteiger partial charge on any atom is -0.508 e. The van der Waals surface area contributed by atoms with Crippen LogP contribution in [0, 0.1) is 0 Å². The molecular formula is C12H10BrN3O3. The molecule has 0 aliphatic carbocycles. The smallest absolute Gasteiger partial charge is 0.260 e. The van der Waals surface area contributed by atoms with Crippen LogP contribution in [-0.2, 0) is 0 Å². The van der Waals surface area contributed by atoms with Crippen LogP contribution in [0.15, 0.2) is 34.9 Å². The summed E-state index contributed by atoms with van der Waals surface area (Å²) in [5.41, 5.74) is 6.02. The van der Waals surface area contributed by atoms with Gasteiger partial charge in [0.2, 0.25) is 0 Å². The van der Waals surface area contributed by atoms with Gasteiger partial charge in [-0.1, -0.05) is 0 Å². The maximum absolute atomic E-state index is 11.9. The third-order valence-electron chi connectivity index (χ3n) is 2.32. The maximum atomic E-state index is 11.9. The van der Waals surface area contributed by atoms with Crippen molar-refractivity contribution in [3.63, 3.8) is 0 Å². The molecule has 6 nitrogen and oxygen atoms in total. The van der Waals surface area contributed by atoms with Crippen LogP contribution in [0.1, 0.15) is 10.4 Å². The number of hydrogen-bond donors (Lipinski definition) is 4. The Bertz CT molecular complexity index is 646. The van der Waals surface area contributed by atoms with Gasteiger partial charge in [0.05, 0.1) is 21.9 Å². The van der Waals surface area contributed by atoms with E-state index in [9.17, 15) is 9.90 Å². The molecule has 0 atom stereocenters. The summed E-state index contributed by atoms with van der Waals surface area (Å²) in [6.07, 6.45) is 1.40. The average molecular weight is 324 g/mol. The molecule has 0 fully saturated rings. The second kappa shape index (κ2) is 5.15. The van der Waals surface area contributed by atoms with Gasteiger partial charge in [-0.25, -0.2) is 4.98 Å². The third-order valence-corrected chi connectivity index (χ3v) is 2.92. The number of halogens is 1. The fraction of sp³-hybridized carbons (Fsp3) is 0. The molecule has 2 rings (SSSR count). The number of pyridine rings is 1. The number of nitrogens with zero attached hydrogens (tertiary/aromatic N) is 1. The molecule has 5 N–H and O–H groups in total. The third kappa shape index (κ3) is 2.94. The van der Waals surface area contributed by atoms with E-state index in [0.717, 1.165) is 6.07 Å². The van der Waals surface area contributed by atoms with Gasteiger partial charge in [-0.2, -0.15) is 0 Å². The van der Waals surface area contributed by atoms with Crippen molar-refractivity contribution < 1.29 is 15.0 Å². The van der Waals surface area contributed by atoms with E-state index in [4.69, 9.17) is 10.8 Å². The fourth-order valence-corrected chi connectivity index (χ4v) is 1.90. The van der Waals surface area contributed by atoms with Crippen molar-refractivity contribution in [2.45, 2.75) is 0 Å². The maximum Gasteiger partial charge on any atom is 0.260 e. The average Bonchev–Trinajstić information content (AvgIpc) is 2.32. The van der Waals surface area contributed by atoms with Crippen LogP contribution in [0.2, 0.25) is 0 Å². The van der Waals surface area contributed by atoms with Crippen LogP contribution in [0.3, 0.4) is 0 Å². The van der Waals surface area contributed by atoms with Crippen molar-refractivity contribution in [3.05, 3.63) is 40.5 Å². The van der Waals surface area contributed by atoms with Crippen LogP contribution in [-0.4, -0.2) is 21.1 Å². The molecule has 1 aromatic carbocycles. The Morgan fingerprint density at radius 3 is 2.68 bits per heavy atom. The molecular weight excluding hydrogens is 314 g/mol. The number of rotatable bonds is 2. The number of aromatic nitrogens is 1. The van der Waals surface area contributed by atoms with Crippen molar-refractivity contribution in [3.8, 4) is 11.5 Å². The van der Waals surface area contributed by atoms with Crippen LogP contribution < -0.4 is 11.1 Å². The van der Waals surface area contributed by atoms with Gasteiger partial charge < -0.3 is 21.3 Å². The van der Waals surface area contributed by atoms with Crippen LogP contribution in [0.5, 0.6) is 11.5 Å². The number of anilines is 2. The van der Waals surface area contributed by atoms with Gasteiger partial charge in [0.1, 0.15) is 17.3 Å². The number of amides is 1.